The van der Waals surface area contributed by atoms with Crippen LogP contribution in [0.15, 0.2) is 42.9 Å². The number of hydrogen-bond donors (Lipinski definition) is 2. The number of fused-ring (bicyclic) bond motifs is 1. The van der Waals surface area contributed by atoms with Gasteiger partial charge in [0, 0.05) is 62.4 Å². The number of hydrogen-bond acceptors (Lipinski definition) is 5. The van der Waals surface area contributed by atoms with Gasteiger partial charge in [-0.25, -0.2) is 9.31 Å². The van der Waals surface area contributed by atoms with Crippen molar-refractivity contribution in [2.75, 3.05) is 37.6 Å². The molecule has 8 heteroatoms. The number of carbonyl (C=O) groups excluding carboxylic acids is 1. The van der Waals surface area contributed by atoms with E-state index in [2.05, 4.69) is 44.9 Å². The Hall–Kier alpha value is -3.13. The number of pyridine rings is 1. The third kappa shape index (κ3) is 4.14. The largest absolute Gasteiger partial charge is 0.366 e. The molecule has 1 atom stereocenters. The minimum Gasteiger partial charge on any atom is -0.366 e. The number of nitrogens with one attached hydrogen (secondary N) is 2. The van der Waals surface area contributed by atoms with Gasteiger partial charge in [-0.15, -0.1) is 0 Å². The molecule has 5 rings (SSSR count). The van der Waals surface area contributed by atoms with Gasteiger partial charge in [0.05, 0.1) is 16.9 Å². The summed E-state index contributed by atoms with van der Waals surface area (Å²) >= 11 is 0. The summed E-state index contributed by atoms with van der Waals surface area (Å²) in [6.07, 6.45) is 8.28. The Morgan fingerprint density at radius 1 is 1.19 bits per heavy atom. The van der Waals surface area contributed by atoms with Gasteiger partial charge in [0.15, 0.2) is 0 Å². The molecule has 0 radical (unpaired) electrons. The van der Waals surface area contributed by atoms with Crippen molar-refractivity contribution in [2.45, 2.75) is 38.8 Å². The van der Waals surface area contributed by atoms with Crippen LogP contribution < -0.4 is 15.5 Å². The smallest absolute Gasteiger partial charge is 0.317 e. The minimum atomic E-state index is 0.0202. The molecule has 3 aromatic rings. The fourth-order valence-electron chi connectivity index (χ4n) is 4.65. The Morgan fingerprint density at radius 3 is 2.72 bits per heavy atom. The molecule has 2 N–H and O–H groups in total. The fraction of sp³-hybridized carbons (Fsp3) is 0.458. The monoisotopic (exact) mass is 433 g/mol. The van der Waals surface area contributed by atoms with Crippen molar-refractivity contribution in [1.29, 1.82) is 0 Å². The van der Waals surface area contributed by atoms with Crippen molar-refractivity contribution in [2.24, 2.45) is 0 Å². The van der Waals surface area contributed by atoms with E-state index in [0.717, 1.165) is 42.1 Å². The number of aromatic nitrogens is 3. The highest BCUT2D eigenvalue weighted by molar-refractivity contribution is 5.79. The predicted molar refractivity (Wildman–Crippen MR) is 126 cm³/mol. The zero-order valence-electron chi connectivity index (χ0n) is 18.8. The van der Waals surface area contributed by atoms with Crippen molar-refractivity contribution in [3.05, 3.63) is 48.4 Å². The predicted octanol–water partition coefficient (Wildman–Crippen LogP) is 3.06. The van der Waals surface area contributed by atoms with Crippen LogP contribution in [0.2, 0.25) is 0 Å². The zero-order valence-corrected chi connectivity index (χ0v) is 18.8. The van der Waals surface area contributed by atoms with E-state index in [1.807, 2.05) is 41.9 Å². The molecule has 1 unspecified atom stereocenters. The van der Waals surface area contributed by atoms with Crippen molar-refractivity contribution in [3.8, 4) is 11.3 Å². The van der Waals surface area contributed by atoms with Crippen LogP contribution in [0.1, 0.15) is 38.3 Å². The van der Waals surface area contributed by atoms with Crippen LogP contribution in [0.4, 0.5) is 10.5 Å². The summed E-state index contributed by atoms with van der Waals surface area (Å²) in [7, 11) is 0. The van der Waals surface area contributed by atoms with Crippen LogP contribution in [-0.4, -0.2) is 64.3 Å². The van der Waals surface area contributed by atoms with Crippen molar-refractivity contribution >= 4 is 17.2 Å². The highest BCUT2D eigenvalue weighted by Crippen LogP contribution is 2.29. The molecule has 3 aromatic heterocycles. The van der Waals surface area contributed by atoms with E-state index in [9.17, 15) is 4.79 Å². The first-order valence-corrected chi connectivity index (χ1v) is 11.6. The molecule has 2 amide bonds. The summed E-state index contributed by atoms with van der Waals surface area (Å²) in [5.74, 6) is 0. The summed E-state index contributed by atoms with van der Waals surface area (Å²) in [6, 6.07) is 9.11. The van der Waals surface area contributed by atoms with E-state index in [-0.39, 0.29) is 12.1 Å². The van der Waals surface area contributed by atoms with Gasteiger partial charge in [-0.05, 0) is 57.0 Å². The van der Waals surface area contributed by atoms with Crippen molar-refractivity contribution in [1.82, 2.24) is 30.1 Å². The van der Waals surface area contributed by atoms with Gasteiger partial charge in [-0.1, -0.05) is 6.07 Å². The second-order valence-corrected chi connectivity index (χ2v) is 8.98. The van der Waals surface area contributed by atoms with Gasteiger partial charge in [0.25, 0.3) is 0 Å². The number of piperazine rings is 1. The Bertz CT molecular complexity index is 1080. The minimum absolute atomic E-state index is 0.0202. The van der Waals surface area contributed by atoms with Crippen LogP contribution in [-0.2, 0) is 0 Å². The maximum Gasteiger partial charge on any atom is 0.317 e. The van der Waals surface area contributed by atoms with E-state index >= 15 is 0 Å². The van der Waals surface area contributed by atoms with Crippen LogP contribution >= 0.6 is 0 Å². The van der Waals surface area contributed by atoms with Gasteiger partial charge < -0.3 is 20.4 Å². The van der Waals surface area contributed by atoms with Crippen molar-refractivity contribution < 1.29 is 4.79 Å². The Kier molecular flexibility index (Phi) is 5.70. The molecule has 0 bridgehead atoms. The third-order valence-corrected chi connectivity index (χ3v) is 6.35. The molecule has 2 fully saturated rings. The number of amides is 2. The molecule has 0 saturated carbocycles. The average molecular weight is 434 g/mol. The van der Waals surface area contributed by atoms with Gasteiger partial charge >= 0.3 is 6.03 Å². The molecular formula is C24H31N7O. The van der Waals surface area contributed by atoms with Crippen LogP contribution in [0.5, 0.6) is 0 Å². The Balaban J connectivity index is 1.33. The number of rotatable bonds is 4. The third-order valence-electron chi connectivity index (χ3n) is 6.35. The average Bonchev–Trinajstić information content (AvgIpc) is 3.49. The molecule has 0 aromatic carbocycles. The van der Waals surface area contributed by atoms with Crippen molar-refractivity contribution in [3.63, 3.8) is 0 Å². The number of anilines is 1. The molecule has 2 aliphatic heterocycles. The van der Waals surface area contributed by atoms with Crippen LogP contribution in [0, 0.1) is 0 Å². The van der Waals surface area contributed by atoms with Crippen LogP contribution in [0.3, 0.4) is 0 Å². The summed E-state index contributed by atoms with van der Waals surface area (Å²) in [4.78, 5) is 21.3. The summed E-state index contributed by atoms with van der Waals surface area (Å²) in [5, 5.41) is 11.0. The Morgan fingerprint density at radius 2 is 2.03 bits per heavy atom. The first kappa shape index (κ1) is 20.8. The number of nitrogens with zero attached hydrogens (tertiary/aromatic N) is 5. The summed E-state index contributed by atoms with van der Waals surface area (Å²) in [6.45, 7) is 8.07. The van der Waals surface area contributed by atoms with E-state index in [4.69, 9.17) is 4.98 Å². The molecule has 0 aliphatic carbocycles. The maximum atomic E-state index is 12.3. The van der Waals surface area contributed by atoms with E-state index in [1.54, 1.807) is 0 Å². The SMILES string of the molecule is CC(C)NC(=O)N1CCN(c2ccnn3cc(-c4ccc(C5CCCN5)cn4)cc23)CC1. The summed E-state index contributed by atoms with van der Waals surface area (Å²) in [5.41, 5.74) is 5.48. The van der Waals surface area contributed by atoms with E-state index < -0.39 is 0 Å². The highest BCUT2D eigenvalue weighted by atomic mass is 16.2. The first-order chi connectivity index (χ1) is 15.6. The molecule has 0 spiro atoms. The molecule has 168 valence electrons. The number of urea groups is 1. The lowest BCUT2D eigenvalue weighted by Gasteiger charge is -2.36. The van der Waals surface area contributed by atoms with E-state index in [1.165, 1.54) is 18.4 Å². The molecule has 2 saturated heterocycles. The van der Waals surface area contributed by atoms with Gasteiger partial charge in [0.1, 0.15) is 0 Å². The van der Waals surface area contributed by atoms with Gasteiger partial charge in [-0.2, -0.15) is 5.10 Å². The topological polar surface area (TPSA) is 77.8 Å². The first-order valence-electron chi connectivity index (χ1n) is 11.6. The lowest BCUT2D eigenvalue weighted by Crippen LogP contribution is -2.53. The van der Waals surface area contributed by atoms with Gasteiger partial charge in [-0.3, -0.25) is 4.98 Å². The molecule has 8 nitrogen and oxygen atoms in total. The normalized spacial score (nSPS) is 19.2. The highest BCUT2D eigenvalue weighted by Gasteiger charge is 2.23. The fourth-order valence-corrected chi connectivity index (χ4v) is 4.65. The molecule has 2 aliphatic rings. The second kappa shape index (κ2) is 8.78. The van der Waals surface area contributed by atoms with E-state index in [0.29, 0.717) is 19.1 Å². The number of carbonyl (C=O) groups is 1. The zero-order chi connectivity index (χ0) is 22.1. The standard InChI is InChI=1S/C24H31N7O/c1-17(2)28-24(32)30-12-10-29(11-13-30)22-7-9-27-31-16-19(14-23(22)31)21-6-5-18(15-26-21)20-4-3-8-25-20/h5-7,9,14-17,20,25H,3-4,8,10-13H2,1-2H3,(H,28,32). The lowest BCUT2D eigenvalue weighted by molar-refractivity contribution is 0.192. The molecular weight excluding hydrogens is 402 g/mol. The van der Waals surface area contributed by atoms with Crippen LogP contribution in [0.25, 0.3) is 16.8 Å². The molecule has 32 heavy (non-hydrogen) atoms. The summed E-state index contributed by atoms with van der Waals surface area (Å²) < 4.78 is 1.93. The second-order valence-electron chi connectivity index (χ2n) is 8.98. The maximum absolute atomic E-state index is 12.3. The Labute approximate surface area is 188 Å². The lowest BCUT2D eigenvalue weighted by atomic mass is 10.1. The van der Waals surface area contributed by atoms with Gasteiger partial charge in [0.2, 0.25) is 0 Å². The molecule has 5 heterocycles. The quantitative estimate of drug-likeness (QED) is 0.661.